The molecule has 0 aliphatic heterocycles. The molecule has 0 bridgehead atoms. The molecule has 0 aliphatic carbocycles. The van der Waals surface area contributed by atoms with Crippen LogP contribution < -0.4 is 4.74 Å². The van der Waals surface area contributed by atoms with Crippen molar-refractivity contribution in [2.24, 2.45) is 0 Å². The van der Waals surface area contributed by atoms with Crippen LogP contribution in [0.3, 0.4) is 0 Å². The van der Waals surface area contributed by atoms with E-state index >= 15 is 0 Å². The molecule has 1 aromatic carbocycles. The van der Waals surface area contributed by atoms with Gasteiger partial charge in [0.15, 0.2) is 6.61 Å². The molecule has 0 unspecified atom stereocenters. The van der Waals surface area contributed by atoms with E-state index in [1.807, 2.05) is 0 Å². The third-order valence-corrected chi connectivity index (χ3v) is 3.08. The fourth-order valence-electron chi connectivity index (χ4n) is 1.15. The lowest BCUT2D eigenvalue weighted by atomic mass is 10.2. The molecule has 0 radical (unpaired) electrons. The van der Waals surface area contributed by atoms with Crippen molar-refractivity contribution in [3.05, 3.63) is 32.3 Å². The first-order valence-corrected chi connectivity index (χ1v) is 5.39. The summed E-state index contributed by atoms with van der Waals surface area (Å²) in [6.45, 7) is 1.35. The van der Waals surface area contributed by atoms with Crippen molar-refractivity contribution in [1.82, 2.24) is 0 Å². The third-order valence-electron chi connectivity index (χ3n) is 2.09. The van der Waals surface area contributed by atoms with Gasteiger partial charge in [-0.3, -0.25) is 10.1 Å². The molecule has 0 saturated carbocycles. The molecule has 0 N–H and O–H groups in total. The lowest BCUT2D eigenvalue weighted by Gasteiger charge is -2.08. The number of hydrogen-bond donors (Lipinski definition) is 0. The quantitative estimate of drug-likeness (QED) is 0.484. The normalized spacial score (nSPS) is 9.82. The Hall–Kier alpha value is -1.63. The zero-order valence-electron chi connectivity index (χ0n) is 9.23. The molecule has 0 aromatic heterocycles. The van der Waals surface area contributed by atoms with Gasteiger partial charge in [0.1, 0.15) is 5.75 Å². The zero-order valence-corrected chi connectivity index (χ0v) is 10.8. The number of halogens is 1. The van der Waals surface area contributed by atoms with Crippen molar-refractivity contribution >= 4 is 27.6 Å². The van der Waals surface area contributed by atoms with Crippen LogP contribution in [0.25, 0.3) is 0 Å². The lowest BCUT2D eigenvalue weighted by Crippen LogP contribution is -2.13. The van der Waals surface area contributed by atoms with Gasteiger partial charge >= 0.3 is 5.97 Å². The highest BCUT2D eigenvalue weighted by Gasteiger charge is 2.17. The number of esters is 1. The van der Waals surface area contributed by atoms with E-state index in [-0.39, 0.29) is 12.3 Å². The fourth-order valence-corrected chi connectivity index (χ4v) is 1.60. The predicted molar refractivity (Wildman–Crippen MR) is 63.0 cm³/mol. The van der Waals surface area contributed by atoms with Crippen molar-refractivity contribution in [3.63, 3.8) is 0 Å². The first-order valence-electron chi connectivity index (χ1n) is 4.60. The largest absolute Gasteiger partial charge is 0.481 e. The molecule has 92 valence electrons. The number of benzene rings is 1. The van der Waals surface area contributed by atoms with Crippen molar-refractivity contribution in [1.29, 1.82) is 0 Å². The molecule has 0 spiro atoms. The number of rotatable bonds is 4. The van der Waals surface area contributed by atoms with Gasteiger partial charge in [0, 0.05) is 11.6 Å². The molecule has 1 aromatic rings. The van der Waals surface area contributed by atoms with E-state index in [2.05, 4.69) is 20.7 Å². The Bertz CT molecular complexity index is 460. The Morgan fingerprint density at radius 3 is 2.71 bits per heavy atom. The summed E-state index contributed by atoms with van der Waals surface area (Å²) in [5.74, 6) is -0.161. The van der Waals surface area contributed by atoms with Crippen molar-refractivity contribution in [2.45, 2.75) is 6.92 Å². The second kappa shape index (κ2) is 5.62. The Labute approximate surface area is 106 Å². The van der Waals surface area contributed by atoms with Gasteiger partial charge in [-0.05, 0) is 28.9 Å². The zero-order chi connectivity index (χ0) is 13.0. The fraction of sp³-hybridized carbons (Fsp3) is 0.300. The Morgan fingerprint density at radius 2 is 2.18 bits per heavy atom. The number of nitrogens with zero attached hydrogens (tertiary/aromatic N) is 1. The Morgan fingerprint density at radius 1 is 1.53 bits per heavy atom. The molecule has 0 amide bonds. The summed E-state index contributed by atoms with van der Waals surface area (Å²) in [5.41, 5.74) is 0.430. The molecular weight excluding hydrogens is 294 g/mol. The van der Waals surface area contributed by atoms with Crippen LogP contribution in [0.5, 0.6) is 5.75 Å². The van der Waals surface area contributed by atoms with Gasteiger partial charge in [0.25, 0.3) is 5.69 Å². The number of nitro benzene ring substituents is 1. The average Bonchev–Trinajstić information content (AvgIpc) is 2.30. The first kappa shape index (κ1) is 13.4. The van der Waals surface area contributed by atoms with E-state index in [0.29, 0.717) is 15.8 Å². The SMILES string of the molecule is COC(=O)COc1ccc([N+](=O)[O-])c(C)c1Br. The minimum absolute atomic E-state index is 0.0118. The predicted octanol–water partition coefficient (Wildman–Crippen LogP) is 2.22. The maximum absolute atomic E-state index is 10.9. The number of carbonyl (C=O) groups excluding carboxylic acids is 1. The van der Waals surface area contributed by atoms with E-state index < -0.39 is 10.9 Å². The van der Waals surface area contributed by atoms with Gasteiger partial charge in [0.05, 0.1) is 16.5 Å². The number of nitro groups is 1. The summed E-state index contributed by atoms with van der Waals surface area (Å²) >= 11 is 3.19. The molecule has 0 fully saturated rings. The van der Waals surface area contributed by atoms with Crippen LogP contribution in [0.4, 0.5) is 5.69 Å². The first-order chi connectivity index (χ1) is 7.97. The highest BCUT2D eigenvalue weighted by Crippen LogP contribution is 2.34. The second-order valence-corrected chi connectivity index (χ2v) is 3.94. The minimum Gasteiger partial charge on any atom is -0.481 e. The second-order valence-electron chi connectivity index (χ2n) is 3.14. The third kappa shape index (κ3) is 3.16. The van der Waals surface area contributed by atoms with Crippen LogP contribution >= 0.6 is 15.9 Å². The molecule has 0 atom stereocenters. The van der Waals surface area contributed by atoms with Crippen LogP contribution in [0.15, 0.2) is 16.6 Å². The maximum atomic E-state index is 10.9. The van der Waals surface area contributed by atoms with Crippen molar-refractivity contribution < 1.29 is 19.2 Å². The molecule has 0 aliphatic rings. The Kier molecular flexibility index (Phi) is 4.45. The number of carbonyl (C=O) groups is 1. The van der Waals surface area contributed by atoms with E-state index in [4.69, 9.17) is 4.74 Å². The molecule has 1 rings (SSSR count). The van der Waals surface area contributed by atoms with E-state index in [1.54, 1.807) is 6.92 Å². The van der Waals surface area contributed by atoms with Crippen LogP contribution in [0, 0.1) is 17.0 Å². The highest BCUT2D eigenvalue weighted by molar-refractivity contribution is 9.10. The molecule has 7 heteroatoms. The van der Waals surface area contributed by atoms with Gasteiger partial charge < -0.3 is 9.47 Å². The van der Waals surface area contributed by atoms with Crippen LogP contribution in [-0.4, -0.2) is 24.6 Å². The van der Waals surface area contributed by atoms with Gasteiger partial charge in [-0.2, -0.15) is 0 Å². The van der Waals surface area contributed by atoms with E-state index in [0.717, 1.165) is 0 Å². The summed E-state index contributed by atoms with van der Waals surface area (Å²) in [6.07, 6.45) is 0. The molecule has 6 nitrogen and oxygen atoms in total. The van der Waals surface area contributed by atoms with Gasteiger partial charge in [-0.25, -0.2) is 4.79 Å². The van der Waals surface area contributed by atoms with E-state index in [9.17, 15) is 14.9 Å². The summed E-state index contributed by atoms with van der Waals surface area (Å²) in [6, 6.07) is 2.75. The van der Waals surface area contributed by atoms with E-state index in [1.165, 1.54) is 19.2 Å². The maximum Gasteiger partial charge on any atom is 0.343 e. The van der Waals surface area contributed by atoms with Crippen LogP contribution in [0.1, 0.15) is 5.56 Å². The topological polar surface area (TPSA) is 78.7 Å². The monoisotopic (exact) mass is 303 g/mol. The number of hydrogen-bond acceptors (Lipinski definition) is 5. The smallest absolute Gasteiger partial charge is 0.343 e. The summed E-state index contributed by atoms with van der Waals surface area (Å²) in [7, 11) is 1.25. The summed E-state index contributed by atoms with van der Waals surface area (Å²) in [4.78, 5) is 21.1. The lowest BCUT2D eigenvalue weighted by molar-refractivity contribution is -0.385. The Balaban J connectivity index is 2.93. The van der Waals surface area contributed by atoms with Gasteiger partial charge in [-0.1, -0.05) is 0 Å². The molecule has 0 heterocycles. The van der Waals surface area contributed by atoms with Crippen molar-refractivity contribution in [2.75, 3.05) is 13.7 Å². The van der Waals surface area contributed by atoms with Crippen molar-refractivity contribution in [3.8, 4) is 5.75 Å². The standard InChI is InChI=1S/C10H10BrNO5/c1-6-7(12(14)15)3-4-8(10(6)11)17-5-9(13)16-2/h3-4H,5H2,1-2H3. The molecule has 0 saturated heterocycles. The average molecular weight is 304 g/mol. The number of methoxy groups -OCH3 is 1. The summed E-state index contributed by atoms with van der Waals surface area (Å²) in [5, 5.41) is 10.7. The summed E-state index contributed by atoms with van der Waals surface area (Å²) < 4.78 is 10.0. The van der Waals surface area contributed by atoms with Gasteiger partial charge in [-0.15, -0.1) is 0 Å². The van der Waals surface area contributed by atoms with Crippen LogP contribution in [-0.2, 0) is 9.53 Å². The molecular formula is C10H10BrNO5. The molecule has 17 heavy (non-hydrogen) atoms. The number of ether oxygens (including phenoxy) is 2. The minimum atomic E-state index is -0.520. The van der Waals surface area contributed by atoms with Gasteiger partial charge in [0.2, 0.25) is 0 Å². The highest BCUT2D eigenvalue weighted by atomic mass is 79.9. The van der Waals surface area contributed by atoms with Crippen LogP contribution in [0.2, 0.25) is 0 Å².